The summed E-state index contributed by atoms with van der Waals surface area (Å²) >= 11 is 0. The van der Waals surface area contributed by atoms with Gasteiger partial charge >= 0.3 is 24.1 Å². The first-order valence-corrected chi connectivity index (χ1v) is 25.1. The van der Waals surface area contributed by atoms with Crippen molar-refractivity contribution in [3.63, 3.8) is 0 Å². The number of non-ortho nitro benzene ring substituents is 1. The number of nitro groups is 1. The van der Waals surface area contributed by atoms with E-state index >= 15 is 0 Å². The number of esters is 3. The minimum absolute atomic E-state index is 0.0108. The minimum atomic E-state index is -1.70. The maximum atomic E-state index is 13.7. The zero-order valence-electron chi connectivity index (χ0n) is 41.8. The molecule has 0 aliphatic heterocycles. The van der Waals surface area contributed by atoms with Crippen molar-refractivity contribution in [3.8, 4) is 39.5 Å². The average molecular weight is 1010 g/mol. The van der Waals surface area contributed by atoms with Gasteiger partial charge in [-0.05, 0) is 165 Å². The van der Waals surface area contributed by atoms with E-state index in [9.17, 15) is 34.4 Å². The quantitative estimate of drug-likeness (QED) is 0.00594. The Labute approximate surface area is 432 Å². The second kappa shape index (κ2) is 32.0. The van der Waals surface area contributed by atoms with Gasteiger partial charge in [0.1, 0.15) is 17.2 Å². The van der Waals surface area contributed by atoms with Crippen LogP contribution in [0, 0.1) is 10.1 Å². The first-order chi connectivity index (χ1) is 36.0. The molecule has 0 unspecified atom stereocenters. The number of rotatable bonds is 34. The zero-order valence-corrected chi connectivity index (χ0v) is 41.8. The number of carbonyl (C=O) groups excluding carboxylic acids is 3. The Morgan fingerprint density at radius 1 is 0.514 bits per heavy atom. The largest absolute Gasteiger partial charge is 0.513 e. The van der Waals surface area contributed by atoms with Gasteiger partial charge in [-0.3, -0.25) is 10.1 Å². The number of nitro benzene ring substituents is 1. The molecule has 0 aliphatic carbocycles. The Bertz CT molecular complexity index is 2610. The minimum Gasteiger partial charge on any atom is -0.494 e. The van der Waals surface area contributed by atoms with Crippen LogP contribution in [-0.4, -0.2) is 67.1 Å². The van der Waals surface area contributed by atoms with Crippen molar-refractivity contribution in [2.45, 2.75) is 96.3 Å². The van der Waals surface area contributed by atoms with E-state index in [4.69, 9.17) is 28.4 Å². The van der Waals surface area contributed by atoms with Gasteiger partial charge in [-0.2, -0.15) is 10.2 Å². The summed E-state index contributed by atoms with van der Waals surface area (Å²) in [6, 6.07) is 31.8. The van der Waals surface area contributed by atoms with Crippen molar-refractivity contribution in [1.82, 2.24) is 0 Å². The molecule has 16 nitrogen and oxygen atoms in total. The molecule has 74 heavy (non-hydrogen) atoms. The number of hydrogen-bond acceptors (Lipinski definition) is 14. The number of nitrogens with zero attached hydrogens (tertiary/aromatic N) is 3. The Morgan fingerprint density at radius 2 is 0.919 bits per heavy atom. The van der Waals surface area contributed by atoms with E-state index in [1.54, 1.807) is 18.2 Å². The third-order valence-electron chi connectivity index (χ3n) is 11.7. The molecule has 0 saturated carbocycles. The van der Waals surface area contributed by atoms with Gasteiger partial charge in [0.2, 0.25) is 0 Å². The predicted molar refractivity (Wildman–Crippen MR) is 282 cm³/mol. The molecule has 1 N–H and O–H groups in total. The molecule has 5 rings (SSSR count). The normalized spacial score (nSPS) is 10.9. The Morgan fingerprint density at radius 3 is 1.36 bits per heavy atom. The maximum Gasteiger partial charge on any atom is 0.513 e. The maximum absolute atomic E-state index is 13.7. The van der Waals surface area contributed by atoms with Crippen LogP contribution >= 0.6 is 0 Å². The lowest BCUT2D eigenvalue weighted by molar-refractivity contribution is -0.384. The van der Waals surface area contributed by atoms with Gasteiger partial charge in [0.25, 0.3) is 5.69 Å². The van der Waals surface area contributed by atoms with Gasteiger partial charge in [0.05, 0.1) is 54.9 Å². The molecule has 0 aliphatic rings. The third kappa shape index (κ3) is 20.5. The molecule has 0 fully saturated rings. The van der Waals surface area contributed by atoms with Crippen LogP contribution in [0.1, 0.15) is 106 Å². The van der Waals surface area contributed by atoms with Crippen LogP contribution < -0.4 is 14.2 Å². The first-order valence-electron chi connectivity index (χ1n) is 25.1. The standard InChI is InChI=1S/C58H65N3O13/c1-3-54(62)72-39-17-11-9-15-37-69-50-30-20-43(21-31-50)46-41-45(19-13-7-5-6-8-14-36-71-52-34-26-48(27-35-52)60-59-47-24-28-49(29-25-47)61(67)68)56(53(42-46)57(64)74-58(65)66)44-22-32-51(33-23-44)70-38-16-10-12-18-40-73-55(63)4-2/h3-4,20-35,41-42H,1-2,5-19,36-40H2,(H,65,66). The van der Waals surface area contributed by atoms with Gasteiger partial charge in [-0.1, -0.05) is 69.2 Å². The molecule has 5 aromatic rings. The van der Waals surface area contributed by atoms with Gasteiger partial charge in [-0.25, -0.2) is 19.2 Å². The first kappa shape index (κ1) is 56.8. The Kier molecular flexibility index (Phi) is 24.6. The molecule has 16 heteroatoms. The molecule has 0 aromatic heterocycles. The number of azo groups is 1. The molecule has 0 radical (unpaired) electrons. The SMILES string of the molecule is C=CC(=O)OCCCCCCOc1ccc(-c2cc(CCCCCCCCOc3ccc(N=Nc4ccc([N+](=O)[O-])cc4)cc3)c(-c3ccc(OCCCCCCOC(=O)C=C)cc3)c(C(=O)OC(=O)O)c2)cc1. The Balaban J connectivity index is 1.19. The monoisotopic (exact) mass is 1010 g/mol. The van der Waals surface area contributed by atoms with E-state index in [2.05, 4.69) is 29.5 Å². The summed E-state index contributed by atoms with van der Waals surface area (Å²) in [5.74, 6) is 0.236. The van der Waals surface area contributed by atoms with Gasteiger partial charge in [0, 0.05) is 24.3 Å². The lowest BCUT2D eigenvalue weighted by Crippen LogP contribution is -2.13. The fourth-order valence-electron chi connectivity index (χ4n) is 7.80. The predicted octanol–water partition coefficient (Wildman–Crippen LogP) is 14.5. The molecule has 0 bridgehead atoms. The molecule has 0 spiro atoms. The molecule has 0 atom stereocenters. The van der Waals surface area contributed by atoms with E-state index < -0.39 is 29.0 Å². The topological polar surface area (TPSA) is 212 Å². The van der Waals surface area contributed by atoms with Crippen molar-refractivity contribution < 1.29 is 57.6 Å². The summed E-state index contributed by atoms with van der Waals surface area (Å²) < 4.78 is 32.9. The lowest BCUT2D eigenvalue weighted by Gasteiger charge is -2.18. The number of benzene rings is 5. The highest BCUT2D eigenvalue weighted by Gasteiger charge is 2.22. The Hall–Kier alpha value is -8.14. The number of carbonyl (C=O) groups is 4. The van der Waals surface area contributed by atoms with Gasteiger partial charge in [0.15, 0.2) is 0 Å². The highest BCUT2D eigenvalue weighted by Crippen LogP contribution is 2.36. The summed E-state index contributed by atoms with van der Waals surface area (Å²) in [4.78, 5) is 58.3. The van der Waals surface area contributed by atoms with E-state index in [-0.39, 0.29) is 11.3 Å². The second-order valence-corrected chi connectivity index (χ2v) is 17.2. The average Bonchev–Trinajstić information content (AvgIpc) is 3.41. The van der Waals surface area contributed by atoms with Crippen molar-refractivity contribution >= 4 is 41.1 Å². The third-order valence-corrected chi connectivity index (χ3v) is 11.7. The van der Waals surface area contributed by atoms with Gasteiger partial charge < -0.3 is 33.5 Å². The fourth-order valence-corrected chi connectivity index (χ4v) is 7.80. The number of unbranched alkanes of at least 4 members (excludes halogenated alkanes) is 11. The highest BCUT2D eigenvalue weighted by molar-refractivity contribution is 6.03. The zero-order chi connectivity index (χ0) is 52.8. The van der Waals surface area contributed by atoms with E-state index in [0.29, 0.717) is 73.5 Å². The van der Waals surface area contributed by atoms with E-state index in [0.717, 1.165) is 124 Å². The highest BCUT2D eigenvalue weighted by atomic mass is 16.7. The molecule has 0 amide bonds. The van der Waals surface area contributed by atoms with Gasteiger partial charge in [-0.15, -0.1) is 0 Å². The fraction of sp³-hybridized carbons (Fsp3) is 0.345. The smallest absolute Gasteiger partial charge is 0.494 e. The van der Waals surface area contributed by atoms with Crippen molar-refractivity contribution in [2.24, 2.45) is 10.2 Å². The van der Waals surface area contributed by atoms with Crippen molar-refractivity contribution in [2.75, 3.05) is 33.0 Å². The van der Waals surface area contributed by atoms with Crippen LogP contribution in [0.4, 0.5) is 21.9 Å². The van der Waals surface area contributed by atoms with Crippen LogP contribution in [0.5, 0.6) is 17.2 Å². The summed E-state index contributed by atoms with van der Waals surface area (Å²) in [6.45, 7) is 9.08. The number of ether oxygens (including phenoxy) is 6. The van der Waals surface area contributed by atoms with Crippen LogP contribution in [0.2, 0.25) is 0 Å². The van der Waals surface area contributed by atoms with Crippen LogP contribution in [-0.2, 0) is 30.2 Å². The lowest BCUT2D eigenvalue weighted by atomic mass is 9.87. The number of aryl methyl sites for hydroxylation is 1. The number of carboxylic acid groups (broad SMARTS) is 1. The summed E-state index contributed by atoms with van der Waals surface area (Å²) in [6.07, 6.45) is 13.6. The molecule has 5 aromatic carbocycles. The van der Waals surface area contributed by atoms with Crippen LogP contribution in [0.25, 0.3) is 22.3 Å². The summed E-state index contributed by atoms with van der Waals surface area (Å²) in [5, 5.41) is 28.8. The van der Waals surface area contributed by atoms with E-state index in [1.165, 1.54) is 24.3 Å². The van der Waals surface area contributed by atoms with Crippen molar-refractivity contribution in [1.29, 1.82) is 0 Å². The molecular weight excluding hydrogens is 947 g/mol. The summed E-state index contributed by atoms with van der Waals surface area (Å²) in [5.41, 5.74) is 4.98. The molecule has 0 heterocycles. The molecule has 390 valence electrons. The summed E-state index contributed by atoms with van der Waals surface area (Å²) in [7, 11) is 0. The van der Waals surface area contributed by atoms with Crippen LogP contribution in [0.3, 0.4) is 0 Å². The molecule has 0 saturated heterocycles. The van der Waals surface area contributed by atoms with Crippen LogP contribution in [0.15, 0.2) is 145 Å². The molecular formula is C58H65N3O13. The van der Waals surface area contributed by atoms with Crippen molar-refractivity contribution in [3.05, 3.63) is 156 Å². The second-order valence-electron chi connectivity index (χ2n) is 17.2. The van der Waals surface area contributed by atoms with E-state index in [1.807, 2.05) is 60.7 Å². The number of hydrogen-bond donors (Lipinski definition) is 1.